The van der Waals surface area contributed by atoms with E-state index in [1.807, 2.05) is 0 Å². The molecule has 5 heteroatoms. The predicted molar refractivity (Wildman–Crippen MR) is 40.4 cm³/mol. The first-order valence-electron chi connectivity index (χ1n) is 2.08. The lowest BCUT2D eigenvalue weighted by Gasteiger charge is -1.90. The average molecular weight is 163 g/mol. The van der Waals surface area contributed by atoms with Crippen LogP contribution in [0.1, 0.15) is 6.42 Å². The summed E-state index contributed by atoms with van der Waals surface area (Å²) >= 11 is 7.81. The van der Waals surface area contributed by atoms with E-state index in [1.165, 1.54) is 0 Å². The third kappa shape index (κ3) is 4.11. The van der Waals surface area contributed by atoms with Gasteiger partial charge in [-0.05, 0) is 0 Å². The molecule has 0 spiro atoms. The summed E-state index contributed by atoms with van der Waals surface area (Å²) in [5.74, 6) is -0.729. The molecular weight excluding hydrogens is 158 g/mol. The van der Waals surface area contributed by atoms with Gasteiger partial charge in [-0.25, -0.2) is 0 Å². The number of thiol groups is 1. The number of rotatable bonds is 3. The Balaban J connectivity index is 3.79. The van der Waals surface area contributed by atoms with Crippen LogP contribution in [-0.2, 0) is 9.59 Å². The average Bonchev–Trinajstić information content (AvgIpc) is 1.63. The van der Waals surface area contributed by atoms with Gasteiger partial charge in [-0.1, -0.05) is 12.2 Å². The van der Waals surface area contributed by atoms with Crippen molar-refractivity contribution in [2.24, 2.45) is 5.73 Å². The van der Waals surface area contributed by atoms with Gasteiger partial charge in [0.05, 0.1) is 11.3 Å². The Hall–Kier alpha value is -0.420. The largest absolute Gasteiger partial charge is 0.365 e. The first-order valence-corrected chi connectivity index (χ1v) is 2.94. The Kier molecular flexibility index (Phi) is 3.41. The molecule has 0 radical (unpaired) electrons. The third-order valence-electron chi connectivity index (χ3n) is 0.587. The Bertz CT molecular complexity index is 166. The first-order chi connectivity index (χ1) is 4.04. The van der Waals surface area contributed by atoms with Gasteiger partial charge in [-0.3, -0.25) is 9.59 Å². The smallest absolute Gasteiger partial charge is 0.255 e. The van der Waals surface area contributed by atoms with Crippen molar-refractivity contribution in [3.05, 3.63) is 0 Å². The first kappa shape index (κ1) is 8.58. The molecular formula is C4H5NO2S2. The second-order valence-electron chi connectivity index (χ2n) is 1.36. The van der Waals surface area contributed by atoms with Crippen molar-refractivity contribution in [3.63, 3.8) is 0 Å². The number of carbonyl (C=O) groups is 2. The van der Waals surface area contributed by atoms with Gasteiger partial charge in [0.15, 0.2) is 5.12 Å². The second kappa shape index (κ2) is 3.58. The summed E-state index contributed by atoms with van der Waals surface area (Å²) in [6, 6.07) is 0. The second-order valence-corrected chi connectivity index (χ2v) is 2.35. The molecule has 0 rings (SSSR count). The molecule has 0 aromatic heterocycles. The Morgan fingerprint density at radius 2 is 2.00 bits per heavy atom. The number of nitrogens with two attached hydrogens (primary N) is 1. The molecule has 0 atom stereocenters. The predicted octanol–water partition coefficient (Wildman–Crippen LogP) is -0.312. The summed E-state index contributed by atoms with van der Waals surface area (Å²) in [4.78, 5) is 20.2. The maximum atomic E-state index is 10.1. The molecule has 9 heavy (non-hydrogen) atoms. The van der Waals surface area contributed by atoms with E-state index in [0.29, 0.717) is 0 Å². The molecule has 1 amide bonds. The van der Waals surface area contributed by atoms with Crippen LogP contribution in [0.2, 0.25) is 0 Å². The Morgan fingerprint density at radius 1 is 1.56 bits per heavy atom. The van der Waals surface area contributed by atoms with Gasteiger partial charge in [-0.15, -0.1) is 12.6 Å². The zero-order valence-electron chi connectivity index (χ0n) is 4.46. The summed E-state index contributed by atoms with van der Waals surface area (Å²) in [5.41, 5.74) is 4.72. The third-order valence-corrected chi connectivity index (χ3v) is 1.09. The van der Waals surface area contributed by atoms with Crippen molar-refractivity contribution in [1.82, 2.24) is 0 Å². The van der Waals surface area contributed by atoms with E-state index >= 15 is 0 Å². The van der Waals surface area contributed by atoms with Crippen molar-refractivity contribution in [1.29, 1.82) is 0 Å². The minimum Gasteiger partial charge on any atom is -0.365 e. The quantitative estimate of drug-likeness (QED) is 0.443. The lowest BCUT2D eigenvalue weighted by Crippen LogP contribution is -2.22. The van der Waals surface area contributed by atoms with E-state index in [4.69, 9.17) is 5.73 Å². The fraction of sp³-hybridized carbons (Fsp3) is 0.250. The minimum absolute atomic E-state index is 0.0741. The van der Waals surface area contributed by atoms with Crippen LogP contribution in [0, 0.1) is 0 Å². The Morgan fingerprint density at radius 3 is 2.11 bits per heavy atom. The van der Waals surface area contributed by atoms with Crippen LogP contribution in [0.4, 0.5) is 0 Å². The van der Waals surface area contributed by atoms with Crippen molar-refractivity contribution in [2.75, 3.05) is 0 Å². The van der Waals surface area contributed by atoms with Gasteiger partial charge < -0.3 is 5.73 Å². The van der Waals surface area contributed by atoms with E-state index in [1.54, 1.807) is 0 Å². The molecule has 0 aliphatic rings. The molecule has 3 nitrogen and oxygen atoms in total. The van der Waals surface area contributed by atoms with Crippen LogP contribution in [0.15, 0.2) is 0 Å². The van der Waals surface area contributed by atoms with E-state index in [2.05, 4.69) is 24.8 Å². The molecule has 50 valence electrons. The molecule has 2 N–H and O–H groups in total. The highest BCUT2D eigenvalue weighted by molar-refractivity contribution is 7.96. The molecule has 0 saturated heterocycles. The summed E-state index contributed by atoms with van der Waals surface area (Å²) in [6.07, 6.45) is -0.145. The lowest BCUT2D eigenvalue weighted by molar-refractivity contribution is -0.113. The molecule has 0 aliphatic heterocycles. The normalized spacial score (nSPS) is 8.56. The van der Waals surface area contributed by atoms with Gasteiger partial charge in [0.1, 0.15) is 0 Å². The summed E-state index contributed by atoms with van der Waals surface area (Å²) in [7, 11) is 0. The van der Waals surface area contributed by atoms with Crippen LogP contribution in [0.3, 0.4) is 0 Å². The number of hydrogen-bond acceptors (Lipinski definition) is 3. The zero-order chi connectivity index (χ0) is 7.44. The van der Waals surface area contributed by atoms with Gasteiger partial charge in [-0.2, -0.15) is 0 Å². The van der Waals surface area contributed by atoms with Crippen LogP contribution in [-0.4, -0.2) is 15.9 Å². The van der Waals surface area contributed by atoms with Crippen molar-refractivity contribution in [2.45, 2.75) is 6.42 Å². The zero-order valence-corrected chi connectivity index (χ0v) is 6.17. The lowest BCUT2D eigenvalue weighted by atomic mass is 10.3. The summed E-state index contributed by atoms with van der Waals surface area (Å²) in [6.45, 7) is 0. The molecule has 0 unspecified atom stereocenters. The molecule has 0 heterocycles. The van der Waals surface area contributed by atoms with Gasteiger partial charge >= 0.3 is 0 Å². The van der Waals surface area contributed by atoms with E-state index in [-0.39, 0.29) is 11.3 Å². The number of carbonyl (C=O) groups excluding carboxylic acids is 2. The topological polar surface area (TPSA) is 60.2 Å². The Labute approximate surface area is 63.0 Å². The van der Waals surface area contributed by atoms with Crippen molar-refractivity contribution in [3.8, 4) is 0 Å². The maximum Gasteiger partial charge on any atom is 0.255 e. The highest BCUT2D eigenvalue weighted by Crippen LogP contribution is 1.90. The van der Waals surface area contributed by atoms with Crippen LogP contribution < -0.4 is 5.73 Å². The highest BCUT2D eigenvalue weighted by Gasteiger charge is 2.06. The van der Waals surface area contributed by atoms with Crippen molar-refractivity contribution >= 4 is 40.7 Å². The SMILES string of the molecule is NC(=O)C(=S)CC(=O)S. The van der Waals surface area contributed by atoms with E-state index in [9.17, 15) is 9.59 Å². The number of primary amides is 1. The minimum atomic E-state index is -0.729. The van der Waals surface area contributed by atoms with Crippen LogP contribution in [0.5, 0.6) is 0 Å². The maximum absolute atomic E-state index is 10.1. The van der Waals surface area contributed by atoms with E-state index in [0.717, 1.165) is 0 Å². The van der Waals surface area contributed by atoms with Crippen LogP contribution in [0.25, 0.3) is 0 Å². The molecule has 0 saturated carbocycles. The number of hydrogen-bond donors (Lipinski definition) is 2. The molecule has 0 aromatic carbocycles. The monoisotopic (exact) mass is 163 g/mol. The molecule has 0 aliphatic carbocycles. The highest BCUT2D eigenvalue weighted by atomic mass is 32.1. The van der Waals surface area contributed by atoms with Gasteiger partial charge in [0.25, 0.3) is 5.91 Å². The molecule has 0 bridgehead atoms. The number of thiocarbonyl (C=S) groups is 1. The standard InChI is InChI=1S/C4H5NO2S2/c5-4(7)2(8)1-3(6)9/h1H2,(H2,5,7)(H,6,9). The summed E-state index contributed by atoms with van der Waals surface area (Å²) in [5, 5.41) is -0.446. The summed E-state index contributed by atoms with van der Waals surface area (Å²) < 4.78 is 0. The fourth-order valence-corrected chi connectivity index (χ4v) is 0.621. The molecule has 0 aromatic rings. The van der Waals surface area contributed by atoms with E-state index < -0.39 is 11.0 Å². The number of amides is 1. The van der Waals surface area contributed by atoms with Crippen molar-refractivity contribution < 1.29 is 9.59 Å². The van der Waals surface area contributed by atoms with Gasteiger partial charge in [0.2, 0.25) is 0 Å². The fourth-order valence-electron chi connectivity index (χ4n) is 0.224. The molecule has 0 fully saturated rings. The van der Waals surface area contributed by atoms with Gasteiger partial charge in [0, 0.05) is 0 Å². The van der Waals surface area contributed by atoms with Crippen LogP contribution >= 0.6 is 24.8 Å².